The van der Waals surface area contributed by atoms with E-state index in [0.717, 1.165) is 12.8 Å². The SMILES string of the molecule is COCCN(CC(=O)O)C(=O)c1cccn1C1CC1. The summed E-state index contributed by atoms with van der Waals surface area (Å²) in [6.45, 7) is 0.290. The number of ether oxygens (including phenoxy) is 1. The van der Waals surface area contributed by atoms with Crippen molar-refractivity contribution in [3.63, 3.8) is 0 Å². The number of amides is 1. The van der Waals surface area contributed by atoms with Crippen LogP contribution in [0, 0.1) is 0 Å². The molecule has 1 aliphatic rings. The number of aromatic nitrogens is 1. The lowest BCUT2D eigenvalue weighted by Crippen LogP contribution is -2.38. The minimum absolute atomic E-state index is 0.253. The Bertz CT molecular complexity index is 465. The number of hydrogen-bond donors (Lipinski definition) is 1. The Morgan fingerprint density at radius 1 is 1.53 bits per heavy atom. The number of nitrogens with zero attached hydrogens (tertiary/aromatic N) is 2. The second kappa shape index (κ2) is 5.88. The van der Waals surface area contributed by atoms with Gasteiger partial charge in [0.2, 0.25) is 0 Å². The van der Waals surface area contributed by atoms with Gasteiger partial charge in [-0.05, 0) is 25.0 Å². The first-order chi connectivity index (χ1) is 9.13. The molecule has 6 heteroatoms. The number of carbonyl (C=O) groups is 2. The van der Waals surface area contributed by atoms with E-state index < -0.39 is 5.97 Å². The molecule has 1 aliphatic carbocycles. The van der Waals surface area contributed by atoms with E-state index in [1.165, 1.54) is 12.0 Å². The van der Waals surface area contributed by atoms with Crippen LogP contribution in [0.15, 0.2) is 18.3 Å². The molecule has 0 atom stereocenters. The van der Waals surface area contributed by atoms with Gasteiger partial charge in [-0.3, -0.25) is 9.59 Å². The van der Waals surface area contributed by atoms with Crippen LogP contribution >= 0.6 is 0 Å². The predicted octanol–water partition coefficient (Wildman–Crippen LogP) is 0.996. The number of aliphatic carboxylic acids is 1. The zero-order valence-corrected chi connectivity index (χ0v) is 10.9. The van der Waals surface area contributed by atoms with Crippen molar-refractivity contribution in [3.8, 4) is 0 Å². The summed E-state index contributed by atoms with van der Waals surface area (Å²) in [6.07, 6.45) is 4.03. The maximum Gasteiger partial charge on any atom is 0.323 e. The van der Waals surface area contributed by atoms with Gasteiger partial charge in [-0.25, -0.2) is 0 Å². The lowest BCUT2D eigenvalue weighted by atomic mass is 10.3. The quantitative estimate of drug-likeness (QED) is 0.799. The molecule has 1 amide bonds. The van der Waals surface area contributed by atoms with E-state index in [-0.39, 0.29) is 19.0 Å². The lowest BCUT2D eigenvalue weighted by Gasteiger charge is -2.21. The summed E-state index contributed by atoms with van der Waals surface area (Å²) in [4.78, 5) is 24.5. The Hall–Kier alpha value is -1.82. The smallest absolute Gasteiger partial charge is 0.323 e. The Morgan fingerprint density at radius 3 is 2.84 bits per heavy atom. The zero-order chi connectivity index (χ0) is 13.8. The summed E-state index contributed by atoms with van der Waals surface area (Å²) in [5, 5.41) is 8.88. The normalized spacial score (nSPS) is 14.4. The first-order valence-electron chi connectivity index (χ1n) is 6.30. The molecule has 0 saturated heterocycles. The van der Waals surface area contributed by atoms with Crippen LogP contribution in [-0.2, 0) is 9.53 Å². The average molecular weight is 266 g/mol. The van der Waals surface area contributed by atoms with E-state index >= 15 is 0 Å². The fourth-order valence-corrected chi connectivity index (χ4v) is 2.03. The van der Waals surface area contributed by atoms with Crippen LogP contribution in [0.25, 0.3) is 0 Å². The van der Waals surface area contributed by atoms with Crippen molar-refractivity contribution in [1.82, 2.24) is 9.47 Å². The van der Waals surface area contributed by atoms with Crippen LogP contribution in [0.2, 0.25) is 0 Å². The van der Waals surface area contributed by atoms with Gasteiger partial charge in [-0.15, -0.1) is 0 Å². The Kier molecular flexibility index (Phi) is 4.21. The monoisotopic (exact) mass is 266 g/mol. The summed E-state index contributed by atoms with van der Waals surface area (Å²) < 4.78 is 6.85. The maximum atomic E-state index is 12.4. The first-order valence-corrected chi connectivity index (χ1v) is 6.30. The molecule has 0 aliphatic heterocycles. The van der Waals surface area contributed by atoms with Gasteiger partial charge in [0.05, 0.1) is 6.61 Å². The Morgan fingerprint density at radius 2 is 2.26 bits per heavy atom. The van der Waals surface area contributed by atoms with Gasteiger partial charge in [0.1, 0.15) is 12.2 Å². The molecule has 1 saturated carbocycles. The van der Waals surface area contributed by atoms with E-state index in [0.29, 0.717) is 18.3 Å². The maximum absolute atomic E-state index is 12.4. The van der Waals surface area contributed by atoms with Gasteiger partial charge in [0.25, 0.3) is 5.91 Å². The summed E-state index contributed by atoms with van der Waals surface area (Å²) in [5.74, 6) is -1.27. The molecule has 0 bridgehead atoms. The number of carboxylic acid groups (broad SMARTS) is 1. The van der Waals surface area contributed by atoms with Crippen LogP contribution < -0.4 is 0 Å². The van der Waals surface area contributed by atoms with Crippen molar-refractivity contribution in [3.05, 3.63) is 24.0 Å². The van der Waals surface area contributed by atoms with Crippen LogP contribution in [0.1, 0.15) is 29.4 Å². The Balaban J connectivity index is 2.12. The number of rotatable bonds is 7. The van der Waals surface area contributed by atoms with Gasteiger partial charge in [-0.1, -0.05) is 0 Å². The fraction of sp³-hybridized carbons (Fsp3) is 0.538. The van der Waals surface area contributed by atoms with Crippen molar-refractivity contribution in [2.45, 2.75) is 18.9 Å². The van der Waals surface area contributed by atoms with Gasteiger partial charge in [0.15, 0.2) is 0 Å². The molecule has 0 unspecified atom stereocenters. The highest BCUT2D eigenvalue weighted by molar-refractivity contribution is 5.94. The van der Waals surface area contributed by atoms with Crippen molar-refractivity contribution in [2.24, 2.45) is 0 Å². The molecule has 2 rings (SSSR count). The number of methoxy groups -OCH3 is 1. The lowest BCUT2D eigenvalue weighted by molar-refractivity contribution is -0.137. The standard InChI is InChI=1S/C13H18N2O4/c1-19-8-7-14(9-12(16)17)13(18)11-3-2-6-15(11)10-4-5-10/h2-3,6,10H,4-5,7-9H2,1H3,(H,16,17). The van der Waals surface area contributed by atoms with Crippen molar-refractivity contribution < 1.29 is 19.4 Å². The first kappa shape index (κ1) is 13.6. The number of carboxylic acids is 1. The number of carbonyl (C=O) groups excluding carboxylic acids is 1. The Labute approximate surface area is 111 Å². The highest BCUT2D eigenvalue weighted by atomic mass is 16.5. The molecule has 1 heterocycles. The van der Waals surface area contributed by atoms with Crippen molar-refractivity contribution >= 4 is 11.9 Å². The summed E-state index contributed by atoms with van der Waals surface area (Å²) >= 11 is 0. The van der Waals surface area contributed by atoms with Gasteiger partial charge in [-0.2, -0.15) is 0 Å². The fourth-order valence-electron chi connectivity index (χ4n) is 2.03. The third kappa shape index (κ3) is 3.35. The van der Waals surface area contributed by atoms with Crippen molar-refractivity contribution in [1.29, 1.82) is 0 Å². The van der Waals surface area contributed by atoms with Crippen LogP contribution in [0.3, 0.4) is 0 Å². The van der Waals surface area contributed by atoms with Crippen molar-refractivity contribution in [2.75, 3.05) is 26.8 Å². The molecule has 0 spiro atoms. The molecular weight excluding hydrogens is 248 g/mol. The van der Waals surface area contributed by atoms with Gasteiger partial charge in [0, 0.05) is 25.9 Å². The summed E-state index contributed by atoms with van der Waals surface area (Å²) in [7, 11) is 1.52. The number of hydrogen-bond acceptors (Lipinski definition) is 3. The third-order valence-electron chi connectivity index (χ3n) is 3.12. The molecule has 1 aromatic rings. The molecule has 0 aromatic carbocycles. The molecule has 0 radical (unpaired) electrons. The van der Waals surface area contributed by atoms with Crippen LogP contribution in [0.4, 0.5) is 0 Å². The topological polar surface area (TPSA) is 71.8 Å². The molecule has 1 aromatic heterocycles. The van der Waals surface area contributed by atoms with Crippen LogP contribution in [-0.4, -0.2) is 53.3 Å². The molecule has 19 heavy (non-hydrogen) atoms. The minimum atomic E-state index is -1.02. The summed E-state index contributed by atoms with van der Waals surface area (Å²) in [6, 6.07) is 3.95. The van der Waals surface area contributed by atoms with Crippen LogP contribution in [0.5, 0.6) is 0 Å². The van der Waals surface area contributed by atoms with E-state index in [2.05, 4.69) is 0 Å². The zero-order valence-electron chi connectivity index (χ0n) is 10.9. The van der Waals surface area contributed by atoms with E-state index in [9.17, 15) is 9.59 Å². The van der Waals surface area contributed by atoms with E-state index in [4.69, 9.17) is 9.84 Å². The highest BCUT2D eigenvalue weighted by Crippen LogP contribution is 2.36. The van der Waals surface area contributed by atoms with Gasteiger partial charge < -0.3 is 19.3 Å². The average Bonchev–Trinajstić information content (AvgIpc) is 3.11. The molecule has 6 nitrogen and oxygen atoms in total. The molecule has 1 N–H and O–H groups in total. The molecular formula is C13H18N2O4. The third-order valence-corrected chi connectivity index (χ3v) is 3.12. The highest BCUT2D eigenvalue weighted by Gasteiger charge is 2.28. The second-order valence-corrected chi connectivity index (χ2v) is 4.65. The largest absolute Gasteiger partial charge is 0.480 e. The predicted molar refractivity (Wildman–Crippen MR) is 68.1 cm³/mol. The van der Waals surface area contributed by atoms with Gasteiger partial charge >= 0.3 is 5.97 Å². The minimum Gasteiger partial charge on any atom is -0.480 e. The second-order valence-electron chi connectivity index (χ2n) is 4.65. The molecule has 104 valence electrons. The van der Waals surface area contributed by atoms with E-state index in [1.807, 2.05) is 16.8 Å². The van der Waals surface area contributed by atoms with E-state index in [1.54, 1.807) is 6.07 Å². The molecule has 1 fully saturated rings. The summed E-state index contributed by atoms with van der Waals surface area (Å²) in [5.41, 5.74) is 0.555.